The molecule has 1 aliphatic rings. The van der Waals surface area contributed by atoms with Crippen LogP contribution in [0.15, 0.2) is 46.9 Å². The third kappa shape index (κ3) is 2.64. The summed E-state index contributed by atoms with van der Waals surface area (Å²) in [5.41, 5.74) is 8.20. The molecule has 4 nitrogen and oxygen atoms in total. The summed E-state index contributed by atoms with van der Waals surface area (Å²) in [4.78, 5) is 0. The molecule has 3 rings (SSSR count). The van der Waals surface area contributed by atoms with Crippen molar-refractivity contribution in [2.45, 2.75) is 18.1 Å². The molecule has 0 aromatic heterocycles. The molecule has 2 aromatic carbocycles. The van der Waals surface area contributed by atoms with Crippen molar-refractivity contribution in [2.24, 2.45) is 0 Å². The monoisotopic (exact) mass is 349 g/mol. The van der Waals surface area contributed by atoms with E-state index in [1.165, 1.54) is 0 Å². The molecule has 5 heteroatoms. The molecule has 2 aromatic rings. The van der Waals surface area contributed by atoms with Crippen LogP contribution in [0.4, 0.5) is 5.69 Å². The highest BCUT2D eigenvalue weighted by Crippen LogP contribution is 2.42. The number of nitrogen functional groups attached to an aromatic ring is 1. The zero-order chi connectivity index (χ0) is 15.0. The normalized spacial score (nSPS) is 24.8. The maximum Gasteiger partial charge on any atom is 0.146 e. The average Bonchev–Trinajstić information content (AvgIpc) is 2.58. The molecule has 1 heterocycles. The first kappa shape index (κ1) is 14.4. The Balaban J connectivity index is 2.20. The highest BCUT2D eigenvalue weighted by Gasteiger charge is 2.35. The Bertz CT molecular complexity index is 647. The van der Waals surface area contributed by atoms with E-state index in [-0.39, 0.29) is 6.61 Å². The number of halogens is 1. The number of benzene rings is 2. The van der Waals surface area contributed by atoms with E-state index < -0.39 is 18.1 Å². The number of hydrogen-bond acceptors (Lipinski definition) is 4. The van der Waals surface area contributed by atoms with Crippen molar-refractivity contribution < 1.29 is 14.9 Å². The molecule has 1 aliphatic heterocycles. The Morgan fingerprint density at radius 2 is 1.86 bits per heavy atom. The summed E-state index contributed by atoms with van der Waals surface area (Å²) in [6, 6.07) is 13.2. The number of nitrogens with two attached hydrogens (primary N) is 1. The summed E-state index contributed by atoms with van der Waals surface area (Å²) in [6.45, 7) is 0.0172. The van der Waals surface area contributed by atoms with Gasteiger partial charge in [-0.1, -0.05) is 46.3 Å². The number of rotatable bonds is 1. The summed E-state index contributed by atoms with van der Waals surface area (Å²) in [5.74, 6) is 0.140. The predicted octanol–water partition coefficient (Wildman–Crippen LogP) is 2.28. The Labute approximate surface area is 131 Å². The second-order valence-corrected chi connectivity index (χ2v) is 6.09. The minimum Gasteiger partial charge on any atom is -0.488 e. The van der Waals surface area contributed by atoms with Gasteiger partial charge in [-0.2, -0.15) is 0 Å². The molecular weight excluding hydrogens is 334 g/mol. The zero-order valence-corrected chi connectivity index (χ0v) is 12.8. The maximum atomic E-state index is 10.5. The Kier molecular flexibility index (Phi) is 3.89. The zero-order valence-electron chi connectivity index (χ0n) is 11.2. The van der Waals surface area contributed by atoms with Crippen LogP contribution < -0.4 is 10.5 Å². The number of aliphatic hydroxyl groups is 2. The van der Waals surface area contributed by atoms with Gasteiger partial charge in [0.25, 0.3) is 0 Å². The van der Waals surface area contributed by atoms with Crippen molar-refractivity contribution in [3.63, 3.8) is 0 Å². The molecule has 0 saturated carbocycles. The van der Waals surface area contributed by atoms with Gasteiger partial charge in [0, 0.05) is 16.0 Å². The fraction of sp³-hybridized carbons (Fsp3) is 0.250. The van der Waals surface area contributed by atoms with Crippen molar-refractivity contribution in [2.75, 3.05) is 12.3 Å². The van der Waals surface area contributed by atoms with Crippen LogP contribution in [0, 0.1) is 0 Å². The molecule has 0 saturated heterocycles. The van der Waals surface area contributed by atoms with Crippen LogP contribution in [0.3, 0.4) is 0 Å². The van der Waals surface area contributed by atoms with E-state index in [9.17, 15) is 10.2 Å². The van der Waals surface area contributed by atoms with Gasteiger partial charge in [-0.25, -0.2) is 0 Å². The van der Waals surface area contributed by atoms with Gasteiger partial charge in [0.1, 0.15) is 18.5 Å². The molecule has 0 amide bonds. The molecule has 0 fully saturated rings. The van der Waals surface area contributed by atoms with E-state index in [0.717, 1.165) is 15.6 Å². The summed E-state index contributed by atoms with van der Waals surface area (Å²) >= 11 is 3.42. The standard InChI is InChI=1S/C16H16BrNO3/c17-10-6-11-14(9-4-2-1-3-5-9)15(20)13(19)8-21-16(11)12(18)7-10/h1-7,13-15,19-20H,8,18H2. The first-order valence-corrected chi connectivity index (χ1v) is 7.50. The summed E-state index contributed by atoms with van der Waals surface area (Å²) in [6.07, 6.45) is -1.93. The molecule has 3 atom stereocenters. The van der Waals surface area contributed by atoms with Gasteiger partial charge in [-0.15, -0.1) is 0 Å². The minimum absolute atomic E-state index is 0.0172. The quantitative estimate of drug-likeness (QED) is 0.690. The molecule has 4 N–H and O–H groups in total. The van der Waals surface area contributed by atoms with Crippen LogP contribution >= 0.6 is 15.9 Å². The number of hydrogen-bond donors (Lipinski definition) is 3. The third-order valence-electron chi connectivity index (χ3n) is 3.74. The third-order valence-corrected chi connectivity index (χ3v) is 4.20. The molecule has 0 bridgehead atoms. The summed E-state index contributed by atoms with van der Waals surface area (Å²) in [5, 5.41) is 20.6. The highest BCUT2D eigenvalue weighted by molar-refractivity contribution is 9.10. The van der Waals surface area contributed by atoms with Crippen molar-refractivity contribution in [1.29, 1.82) is 0 Å². The van der Waals surface area contributed by atoms with E-state index in [1.807, 2.05) is 36.4 Å². The van der Waals surface area contributed by atoms with Gasteiger partial charge in [0.2, 0.25) is 0 Å². The Hall–Kier alpha value is -1.56. The lowest BCUT2D eigenvalue weighted by Crippen LogP contribution is -2.34. The number of ether oxygens (including phenoxy) is 1. The van der Waals surface area contributed by atoms with Gasteiger partial charge >= 0.3 is 0 Å². The smallest absolute Gasteiger partial charge is 0.146 e. The summed E-state index contributed by atoms with van der Waals surface area (Å²) in [7, 11) is 0. The molecule has 0 spiro atoms. The number of aliphatic hydroxyl groups excluding tert-OH is 2. The van der Waals surface area contributed by atoms with Gasteiger partial charge < -0.3 is 20.7 Å². The van der Waals surface area contributed by atoms with Crippen molar-refractivity contribution >= 4 is 21.6 Å². The molecule has 110 valence electrons. The lowest BCUT2D eigenvalue weighted by Gasteiger charge is -2.24. The van der Waals surface area contributed by atoms with Gasteiger partial charge in [-0.3, -0.25) is 0 Å². The Morgan fingerprint density at radius 1 is 1.14 bits per heavy atom. The Morgan fingerprint density at radius 3 is 2.57 bits per heavy atom. The first-order valence-electron chi connectivity index (χ1n) is 6.70. The topological polar surface area (TPSA) is 75.7 Å². The van der Waals surface area contributed by atoms with Crippen molar-refractivity contribution in [3.8, 4) is 5.75 Å². The van der Waals surface area contributed by atoms with Gasteiger partial charge in [0.05, 0.1) is 11.8 Å². The summed E-state index contributed by atoms with van der Waals surface area (Å²) < 4.78 is 6.42. The van der Waals surface area contributed by atoms with Gasteiger partial charge in [-0.05, 0) is 17.7 Å². The van der Waals surface area contributed by atoms with Crippen molar-refractivity contribution in [1.82, 2.24) is 0 Å². The van der Waals surface area contributed by atoms with Crippen molar-refractivity contribution in [3.05, 3.63) is 58.1 Å². The average molecular weight is 350 g/mol. The first-order chi connectivity index (χ1) is 10.1. The van der Waals surface area contributed by atoms with Crippen LogP contribution in [-0.4, -0.2) is 29.0 Å². The van der Waals surface area contributed by atoms with E-state index in [0.29, 0.717) is 11.4 Å². The SMILES string of the molecule is Nc1cc(Br)cc2c1OCC(O)C(O)C2c1ccccc1. The van der Waals surface area contributed by atoms with Crippen LogP contribution in [0.1, 0.15) is 17.0 Å². The van der Waals surface area contributed by atoms with E-state index in [2.05, 4.69) is 15.9 Å². The van der Waals surface area contributed by atoms with E-state index in [4.69, 9.17) is 10.5 Å². The molecule has 0 aliphatic carbocycles. The second kappa shape index (κ2) is 5.67. The fourth-order valence-corrected chi connectivity index (χ4v) is 3.24. The lowest BCUT2D eigenvalue weighted by molar-refractivity contribution is -0.00759. The molecule has 3 unspecified atom stereocenters. The van der Waals surface area contributed by atoms with E-state index >= 15 is 0 Å². The second-order valence-electron chi connectivity index (χ2n) is 5.17. The minimum atomic E-state index is -0.971. The highest BCUT2D eigenvalue weighted by atomic mass is 79.9. The van der Waals surface area contributed by atoms with Gasteiger partial charge in [0.15, 0.2) is 0 Å². The maximum absolute atomic E-state index is 10.5. The largest absolute Gasteiger partial charge is 0.488 e. The predicted molar refractivity (Wildman–Crippen MR) is 84.3 cm³/mol. The van der Waals surface area contributed by atoms with Crippen LogP contribution in [-0.2, 0) is 0 Å². The molecule has 21 heavy (non-hydrogen) atoms. The number of fused-ring (bicyclic) bond motifs is 1. The molecule has 0 radical (unpaired) electrons. The van der Waals surface area contributed by atoms with Crippen LogP contribution in [0.25, 0.3) is 0 Å². The van der Waals surface area contributed by atoms with Crippen LogP contribution in [0.2, 0.25) is 0 Å². The fourth-order valence-electron chi connectivity index (χ4n) is 2.74. The lowest BCUT2D eigenvalue weighted by atomic mass is 9.84. The van der Waals surface area contributed by atoms with E-state index in [1.54, 1.807) is 6.07 Å². The molecular formula is C16H16BrNO3. The number of anilines is 1. The van der Waals surface area contributed by atoms with Crippen LogP contribution in [0.5, 0.6) is 5.75 Å².